The van der Waals surface area contributed by atoms with Crippen LogP contribution in [0, 0.1) is 0 Å². The molecule has 0 aliphatic rings. The van der Waals surface area contributed by atoms with Crippen molar-refractivity contribution in [2.45, 2.75) is 199 Å². The Hall–Kier alpha value is -0.830. The Morgan fingerprint density at radius 3 is 1.24 bits per heavy atom. The van der Waals surface area contributed by atoms with Gasteiger partial charge in [0.05, 0.1) is 6.61 Å². The number of ether oxygens (including phenoxy) is 1. The summed E-state index contributed by atoms with van der Waals surface area (Å²) in [5.74, 6) is -0.449. The Labute approximate surface area is 239 Å². The molecule has 0 aliphatic heterocycles. The van der Waals surface area contributed by atoms with E-state index >= 15 is 0 Å². The molecule has 0 aromatic carbocycles. The molecule has 0 amide bonds. The van der Waals surface area contributed by atoms with Crippen LogP contribution in [0.25, 0.3) is 0 Å². The number of carbonyl (C=O) groups is 1. The molecule has 0 aromatic heterocycles. The molecule has 0 saturated carbocycles. The summed E-state index contributed by atoms with van der Waals surface area (Å²) < 4.78 is 5.49. The summed E-state index contributed by atoms with van der Waals surface area (Å²) in [6, 6.07) is 0. The van der Waals surface area contributed by atoms with Crippen molar-refractivity contribution >= 4 is 5.97 Å². The highest BCUT2D eigenvalue weighted by Crippen LogP contribution is 2.23. The summed E-state index contributed by atoms with van der Waals surface area (Å²) in [6.45, 7) is 8.71. The van der Waals surface area contributed by atoms with Crippen LogP contribution in [-0.4, -0.2) is 23.3 Å². The van der Waals surface area contributed by atoms with Crippen LogP contribution >= 0.6 is 0 Å². The number of unbranched alkanes of at least 4 members (excludes halogenated alkanes) is 24. The van der Waals surface area contributed by atoms with Gasteiger partial charge in [-0.1, -0.05) is 174 Å². The van der Waals surface area contributed by atoms with Crippen LogP contribution in [0.3, 0.4) is 0 Å². The quantitative estimate of drug-likeness (QED) is 0.0544. The van der Waals surface area contributed by atoms with Gasteiger partial charge in [0.15, 0.2) is 5.60 Å². The summed E-state index contributed by atoms with van der Waals surface area (Å²) in [6.07, 6.45) is 36.0. The van der Waals surface area contributed by atoms with Crippen LogP contribution in [0.5, 0.6) is 0 Å². The molecule has 1 unspecified atom stereocenters. The number of rotatable bonds is 31. The Morgan fingerprint density at radius 2 is 0.895 bits per heavy atom. The van der Waals surface area contributed by atoms with Gasteiger partial charge in [-0.15, -0.1) is 6.58 Å². The van der Waals surface area contributed by atoms with Crippen molar-refractivity contribution in [1.82, 2.24) is 0 Å². The Kier molecular flexibility index (Phi) is 28.5. The number of hydrogen-bond acceptors (Lipinski definition) is 3. The van der Waals surface area contributed by atoms with Crippen molar-refractivity contribution in [3.63, 3.8) is 0 Å². The monoisotopic (exact) mass is 537 g/mol. The lowest BCUT2D eigenvalue weighted by molar-refractivity contribution is -0.166. The van der Waals surface area contributed by atoms with Crippen LogP contribution in [0.2, 0.25) is 0 Å². The highest BCUT2D eigenvalue weighted by molar-refractivity contribution is 5.79. The predicted octanol–water partition coefficient (Wildman–Crippen LogP) is 11.4. The molecule has 226 valence electrons. The smallest absolute Gasteiger partial charge is 0.338 e. The predicted molar refractivity (Wildman–Crippen MR) is 167 cm³/mol. The van der Waals surface area contributed by atoms with Crippen molar-refractivity contribution in [2.75, 3.05) is 6.61 Å². The maximum absolute atomic E-state index is 12.6. The molecule has 0 aromatic rings. The van der Waals surface area contributed by atoms with Gasteiger partial charge in [0, 0.05) is 6.42 Å². The van der Waals surface area contributed by atoms with E-state index in [1.54, 1.807) is 6.08 Å². The van der Waals surface area contributed by atoms with E-state index in [1.165, 1.54) is 141 Å². The van der Waals surface area contributed by atoms with Gasteiger partial charge in [-0.3, -0.25) is 0 Å². The van der Waals surface area contributed by atoms with Gasteiger partial charge in [0.1, 0.15) is 0 Å². The van der Waals surface area contributed by atoms with E-state index < -0.39 is 11.6 Å². The van der Waals surface area contributed by atoms with E-state index in [0.717, 1.165) is 25.7 Å². The fourth-order valence-electron chi connectivity index (χ4n) is 5.38. The third-order valence-electron chi connectivity index (χ3n) is 8.04. The number of esters is 1. The van der Waals surface area contributed by atoms with E-state index in [-0.39, 0.29) is 6.42 Å². The Morgan fingerprint density at radius 1 is 0.579 bits per heavy atom. The van der Waals surface area contributed by atoms with Crippen LogP contribution in [0.1, 0.15) is 194 Å². The van der Waals surface area contributed by atoms with Crippen LogP contribution < -0.4 is 0 Å². The van der Waals surface area contributed by atoms with Gasteiger partial charge < -0.3 is 9.84 Å². The van der Waals surface area contributed by atoms with Crippen LogP contribution in [-0.2, 0) is 9.53 Å². The summed E-state index contributed by atoms with van der Waals surface area (Å²) in [7, 11) is 0. The van der Waals surface area contributed by atoms with Crippen molar-refractivity contribution in [3.8, 4) is 0 Å². The second kappa shape index (κ2) is 29.2. The fourth-order valence-corrected chi connectivity index (χ4v) is 5.38. The molecule has 38 heavy (non-hydrogen) atoms. The molecule has 0 spiro atoms. The largest absolute Gasteiger partial charge is 0.464 e. The number of hydrogen-bond donors (Lipinski definition) is 1. The second-order valence-corrected chi connectivity index (χ2v) is 11.9. The Balaban J connectivity index is 3.68. The van der Waals surface area contributed by atoms with E-state index in [9.17, 15) is 9.90 Å². The third kappa shape index (κ3) is 24.2. The summed E-state index contributed by atoms with van der Waals surface area (Å²) in [4.78, 5) is 12.6. The summed E-state index contributed by atoms with van der Waals surface area (Å²) >= 11 is 0. The highest BCUT2D eigenvalue weighted by atomic mass is 16.5. The SMILES string of the molecule is C=CCC(O)(CCCCCCCCCCCCCC)C(=O)OCCCCCCCCCCCCCCCC. The van der Waals surface area contributed by atoms with Gasteiger partial charge in [-0.05, 0) is 19.3 Å². The lowest BCUT2D eigenvalue weighted by atomic mass is 9.92. The van der Waals surface area contributed by atoms with Crippen molar-refractivity contribution in [2.24, 2.45) is 0 Å². The molecule has 0 rings (SSSR count). The molecule has 0 fully saturated rings. The van der Waals surface area contributed by atoms with Crippen LogP contribution in [0.4, 0.5) is 0 Å². The average Bonchev–Trinajstić information content (AvgIpc) is 2.91. The maximum atomic E-state index is 12.6. The van der Waals surface area contributed by atoms with Gasteiger partial charge >= 0.3 is 5.97 Å². The first kappa shape index (κ1) is 37.2. The number of carbonyl (C=O) groups excluding carboxylic acids is 1. The molecule has 0 radical (unpaired) electrons. The van der Waals surface area contributed by atoms with Gasteiger partial charge in [-0.2, -0.15) is 0 Å². The minimum absolute atomic E-state index is 0.280. The minimum Gasteiger partial charge on any atom is -0.464 e. The zero-order chi connectivity index (χ0) is 28.0. The Bertz CT molecular complexity index is 503. The first-order valence-corrected chi connectivity index (χ1v) is 17.1. The number of aliphatic hydroxyl groups is 1. The first-order chi connectivity index (χ1) is 18.6. The maximum Gasteiger partial charge on any atom is 0.338 e. The second-order valence-electron chi connectivity index (χ2n) is 11.9. The molecule has 3 nitrogen and oxygen atoms in total. The molecular formula is C35H68O3. The summed E-state index contributed by atoms with van der Waals surface area (Å²) in [5, 5.41) is 10.9. The molecule has 0 saturated heterocycles. The van der Waals surface area contributed by atoms with Crippen molar-refractivity contribution in [1.29, 1.82) is 0 Å². The highest BCUT2D eigenvalue weighted by Gasteiger charge is 2.35. The molecule has 3 heteroatoms. The van der Waals surface area contributed by atoms with E-state index in [1.807, 2.05) is 0 Å². The zero-order valence-corrected chi connectivity index (χ0v) is 26.1. The topological polar surface area (TPSA) is 46.5 Å². The molecule has 0 aliphatic carbocycles. The molecule has 0 heterocycles. The third-order valence-corrected chi connectivity index (χ3v) is 8.04. The van der Waals surface area contributed by atoms with E-state index in [2.05, 4.69) is 20.4 Å². The zero-order valence-electron chi connectivity index (χ0n) is 26.1. The molecule has 0 bridgehead atoms. The van der Waals surface area contributed by atoms with E-state index in [0.29, 0.717) is 13.0 Å². The summed E-state index contributed by atoms with van der Waals surface area (Å²) in [5.41, 5.74) is -1.39. The van der Waals surface area contributed by atoms with Gasteiger partial charge in [0.2, 0.25) is 0 Å². The van der Waals surface area contributed by atoms with Crippen molar-refractivity contribution < 1.29 is 14.6 Å². The average molecular weight is 537 g/mol. The van der Waals surface area contributed by atoms with Gasteiger partial charge in [-0.25, -0.2) is 4.79 Å². The lowest BCUT2D eigenvalue weighted by Gasteiger charge is -2.24. The first-order valence-electron chi connectivity index (χ1n) is 17.1. The van der Waals surface area contributed by atoms with Crippen molar-refractivity contribution in [3.05, 3.63) is 12.7 Å². The van der Waals surface area contributed by atoms with E-state index in [4.69, 9.17) is 4.74 Å². The normalized spacial score (nSPS) is 12.9. The molecule has 1 atom stereocenters. The lowest BCUT2D eigenvalue weighted by Crippen LogP contribution is -2.39. The molecular weight excluding hydrogens is 468 g/mol. The minimum atomic E-state index is -1.39. The van der Waals surface area contributed by atoms with Crippen LogP contribution in [0.15, 0.2) is 12.7 Å². The standard InChI is InChI=1S/C35H68O3/c1-4-7-9-11-13-15-17-19-20-22-24-26-28-30-33-38-34(36)35(37,31-6-3)32-29-27-25-23-21-18-16-14-12-10-8-5-2/h6,37H,3-5,7-33H2,1-2H3. The van der Waals surface area contributed by atoms with Gasteiger partial charge in [0.25, 0.3) is 0 Å². The fraction of sp³-hybridized carbons (Fsp3) is 0.914. The molecule has 1 N–H and O–H groups in total.